The number of nitrogen functional groups attached to an aromatic ring is 1. The standard InChI is InChI=1S/C14H11ClN4O2.Li/c1-7-4-11(15)10(6-9(7)13(20)21)8-2-3-19-12(5-8)17-14(16)18-19;/h2-6H,1H3,(H2,16,18)(H,20,21);/q;+1/p-1. The molecule has 0 bridgehead atoms. The fraction of sp³-hybridized carbons (Fsp3) is 0.0714. The summed E-state index contributed by atoms with van der Waals surface area (Å²) in [5.74, 6) is -1.07. The van der Waals surface area contributed by atoms with Crippen molar-refractivity contribution >= 4 is 29.2 Å². The zero-order chi connectivity index (χ0) is 15.1. The van der Waals surface area contributed by atoms with E-state index in [4.69, 9.17) is 17.3 Å². The van der Waals surface area contributed by atoms with Gasteiger partial charge in [0.2, 0.25) is 5.95 Å². The molecule has 0 radical (unpaired) electrons. The van der Waals surface area contributed by atoms with Gasteiger partial charge in [0.05, 0.1) is 5.97 Å². The van der Waals surface area contributed by atoms with Crippen molar-refractivity contribution in [2.45, 2.75) is 6.92 Å². The second-order valence-electron chi connectivity index (χ2n) is 4.62. The molecule has 22 heavy (non-hydrogen) atoms. The first-order valence-electron chi connectivity index (χ1n) is 6.09. The molecule has 0 aliphatic heterocycles. The molecule has 0 aliphatic carbocycles. The van der Waals surface area contributed by atoms with Gasteiger partial charge < -0.3 is 15.6 Å². The van der Waals surface area contributed by atoms with Crippen LogP contribution in [-0.4, -0.2) is 20.6 Å². The number of nitrogens with two attached hydrogens (primary N) is 1. The van der Waals surface area contributed by atoms with Gasteiger partial charge in [0.1, 0.15) is 0 Å². The van der Waals surface area contributed by atoms with Crippen LogP contribution in [0, 0.1) is 6.92 Å². The summed E-state index contributed by atoms with van der Waals surface area (Å²) in [5.41, 5.74) is 8.06. The summed E-state index contributed by atoms with van der Waals surface area (Å²) in [4.78, 5) is 15.2. The van der Waals surface area contributed by atoms with E-state index in [1.54, 1.807) is 31.3 Å². The minimum atomic E-state index is -1.24. The third kappa shape index (κ3) is 2.81. The Hall–Kier alpha value is -2.00. The molecule has 0 saturated heterocycles. The van der Waals surface area contributed by atoms with Gasteiger partial charge in [-0.2, -0.15) is 4.98 Å². The number of pyridine rings is 1. The van der Waals surface area contributed by atoms with Crippen LogP contribution in [-0.2, 0) is 0 Å². The van der Waals surface area contributed by atoms with Gasteiger partial charge in [0, 0.05) is 22.3 Å². The first-order valence-corrected chi connectivity index (χ1v) is 6.47. The Morgan fingerprint density at radius 2 is 2.09 bits per heavy atom. The Labute approximate surface area is 143 Å². The van der Waals surface area contributed by atoms with Crippen LogP contribution in [0.15, 0.2) is 30.5 Å². The largest absolute Gasteiger partial charge is 1.00 e. The molecule has 0 saturated carbocycles. The van der Waals surface area contributed by atoms with Gasteiger partial charge in [-0.15, -0.1) is 5.10 Å². The minimum absolute atomic E-state index is 0. The third-order valence-electron chi connectivity index (χ3n) is 3.20. The first-order chi connectivity index (χ1) is 9.95. The molecule has 2 heterocycles. The van der Waals surface area contributed by atoms with Crippen molar-refractivity contribution in [2.24, 2.45) is 0 Å². The molecule has 8 heteroatoms. The van der Waals surface area contributed by atoms with E-state index in [1.807, 2.05) is 0 Å². The quantitative estimate of drug-likeness (QED) is 0.570. The molecule has 2 N–H and O–H groups in total. The number of halogens is 1. The van der Waals surface area contributed by atoms with Gasteiger partial charge in [-0.05, 0) is 42.3 Å². The van der Waals surface area contributed by atoms with E-state index in [9.17, 15) is 9.90 Å². The van der Waals surface area contributed by atoms with Gasteiger partial charge >= 0.3 is 18.9 Å². The van der Waals surface area contributed by atoms with Crippen LogP contribution < -0.4 is 29.7 Å². The van der Waals surface area contributed by atoms with Gasteiger partial charge in [-0.3, -0.25) is 0 Å². The van der Waals surface area contributed by atoms with Gasteiger partial charge in [-0.25, -0.2) is 4.52 Å². The summed E-state index contributed by atoms with van der Waals surface area (Å²) in [6.07, 6.45) is 1.68. The molecular weight excluding hydrogens is 299 g/mol. The topological polar surface area (TPSA) is 96.3 Å². The van der Waals surface area contributed by atoms with Crippen LogP contribution in [0.25, 0.3) is 16.8 Å². The fourth-order valence-corrected chi connectivity index (χ4v) is 2.51. The van der Waals surface area contributed by atoms with Crippen molar-refractivity contribution in [3.63, 3.8) is 0 Å². The average molecular weight is 309 g/mol. The molecule has 0 fully saturated rings. The Morgan fingerprint density at radius 3 is 2.77 bits per heavy atom. The molecule has 2 aromatic heterocycles. The summed E-state index contributed by atoms with van der Waals surface area (Å²) in [6, 6.07) is 6.60. The Balaban J connectivity index is 0.00000176. The van der Waals surface area contributed by atoms with E-state index in [0.717, 1.165) is 5.56 Å². The van der Waals surface area contributed by atoms with E-state index in [1.165, 1.54) is 10.6 Å². The Bertz CT molecular complexity index is 879. The van der Waals surface area contributed by atoms with Crippen LogP contribution in [0.4, 0.5) is 5.95 Å². The molecule has 0 aliphatic rings. The fourth-order valence-electron chi connectivity index (χ4n) is 2.18. The second-order valence-corrected chi connectivity index (χ2v) is 5.03. The number of fused-ring (bicyclic) bond motifs is 1. The van der Waals surface area contributed by atoms with E-state index < -0.39 is 5.97 Å². The monoisotopic (exact) mass is 308 g/mol. The summed E-state index contributed by atoms with van der Waals surface area (Å²) in [5, 5.41) is 15.6. The smallest absolute Gasteiger partial charge is 0.545 e. The number of aromatic carboxylic acids is 1. The first kappa shape index (κ1) is 16.4. The van der Waals surface area contributed by atoms with Gasteiger partial charge in [0.15, 0.2) is 5.65 Å². The summed E-state index contributed by atoms with van der Waals surface area (Å²) in [6.45, 7) is 1.67. The predicted molar refractivity (Wildman–Crippen MR) is 76.9 cm³/mol. The maximum absolute atomic E-state index is 11.1. The van der Waals surface area contributed by atoms with Crippen LogP contribution in [0.1, 0.15) is 15.9 Å². The molecule has 0 spiro atoms. The summed E-state index contributed by atoms with van der Waals surface area (Å²) < 4.78 is 1.53. The van der Waals surface area contributed by atoms with Crippen LogP contribution >= 0.6 is 11.6 Å². The number of carboxylic acids is 1. The van der Waals surface area contributed by atoms with Crippen LogP contribution in [0.5, 0.6) is 0 Å². The molecule has 0 unspecified atom stereocenters. The second kappa shape index (κ2) is 6.01. The normalized spacial score (nSPS) is 10.5. The molecule has 0 amide bonds. The van der Waals surface area contributed by atoms with Crippen molar-refractivity contribution in [2.75, 3.05) is 5.73 Å². The van der Waals surface area contributed by atoms with Crippen LogP contribution in [0.3, 0.4) is 0 Å². The predicted octanol–water partition coefficient (Wildman–Crippen LogP) is -1.69. The zero-order valence-electron chi connectivity index (χ0n) is 12.0. The van der Waals surface area contributed by atoms with Crippen molar-refractivity contribution in [1.82, 2.24) is 14.6 Å². The number of aromatic nitrogens is 3. The van der Waals surface area contributed by atoms with Crippen molar-refractivity contribution in [3.05, 3.63) is 46.6 Å². The van der Waals surface area contributed by atoms with E-state index in [0.29, 0.717) is 21.8 Å². The number of anilines is 1. The van der Waals surface area contributed by atoms with Gasteiger partial charge in [-0.1, -0.05) is 11.6 Å². The Morgan fingerprint density at radius 1 is 1.36 bits per heavy atom. The molecular formula is C14H10ClLiN4O2. The maximum atomic E-state index is 11.1. The maximum Gasteiger partial charge on any atom is 1.00 e. The van der Waals surface area contributed by atoms with Crippen molar-refractivity contribution < 1.29 is 28.8 Å². The Kier molecular flexibility index (Phi) is 4.47. The van der Waals surface area contributed by atoms with Crippen LogP contribution in [0.2, 0.25) is 5.02 Å². The molecule has 6 nitrogen and oxygen atoms in total. The zero-order valence-corrected chi connectivity index (χ0v) is 12.8. The molecule has 3 rings (SSSR count). The number of carboxylic acid groups (broad SMARTS) is 1. The average Bonchev–Trinajstić information content (AvgIpc) is 2.77. The number of carbonyl (C=O) groups is 1. The number of nitrogens with zero attached hydrogens (tertiary/aromatic N) is 3. The third-order valence-corrected chi connectivity index (χ3v) is 3.51. The van der Waals surface area contributed by atoms with Crippen molar-refractivity contribution in [3.8, 4) is 11.1 Å². The summed E-state index contributed by atoms with van der Waals surface area (Å²) in [7, 11) is 0. The molecule has 1 aromatic carbocycles. The van der Waals surface area contributed by atoms with Crippen molar-refractivity contribution in [1.29, 1.82) is 0 Å². The SMILES string of the molecule is Cc1cc(Cl)c(-c2ccn3nc(N)nc3c2)cc1C(=O)[O-].[Li+]. The number of carbonyl (C=O) groups excluding carboxylic acids is 1. The van der Waals surface area contributed by atoms with E-state index in [-0.39, 0.29) is 30.4 Å². The number of hydrogen-bond donors (Lipinski definition) is 1. The summed E-state index contributed by atoms with van der Waals surface area (Å²) >= 11 is 6.22. The number of rotatable bonds is 2. The number of benzene rings is 1. The number of aryl methyl sites for hydroxylation is 1. The van der Waals surface area contributed by atoms with E-state index >= 15 is 0 Å². The van der Waals surface area contributed by atoms with E-state index in [2.05, 4.69) is 10.1 Å². The molecule has 0 atom stereocenters. The molecule has 106 valence electrons. The minimum Gasteiger partial charge on any atom is -0.545 e. The molecule has 3 aromatic rings. The van der Waals surface area contributed by atoms with Gasteiger partial charge in [0.25, 0.3) is 0 Å². The number of hydrogen-bond acceptors (Lipinski definition) is 5.